The van der Waals surface area contributed by atoms with Gasteiger partial charge in [-0.15, -0.1) is 11.3 Å². The van der Waals surface area contributed by atoms with Crippen molar-refractivity contribution >= 4 is 34.9 Å². The first-order valence-corrected chi connectivity index (χ1v) is 6.99. The van der Waals surface area contributed by atoms with Gasteiger partial charge >= 0.3 is 0 Å². The number of rotatable bonds is 6. The topological polar surface area (TPSA) is 80.6 Å². The molecule has 7 heteroatoms. The van der Waals surface area contributed by atoms with Crippen molar-refractivity contribution in [1.29, 1.82) is 0 Å². The fourth-order valence-corrected chi connectivity index (χ4v) is 2.57. The molecule has 1 saturated carbocycles. The zero-order valence-electron chi connectivity index (χ0n) is 10.3. The number of amides is 1. The first-order chi connectivity index (χ1) is 9.33. The number of carbonyl (C=O) groups is 1. The average Bonchev–Trinajstić information content (AvgIpc) is 2.90. The SMILES string of the molecule is O=[C]/C(=N\OC1CCCCC1)c1csc(NC=O)n1. The molecule has 1 radical (unpaired) electrons. The van der Waals surface area contributed by atoms with Gasteiger partial charge in [0.25, 0.3) is 6.29 Å². The number of hydrogen-bond donors (Lipinski definition) is 1. The molecule has 0 aromatic carbocycles. The van der Waals surface area contributed by atoms with Crippen LogP contribution in [0.4, 0.5) is 5.13 Å². The van der Waals surface area contributed by atoms with Crippen molar-refractivity contribution in [2.45, 2.75) is 38.2 Å². The molecule has 1 heterocycles. The third-order valence-electron chi connectivity index (χ3n) is 2.87. The van der Waals surface area contributed by atoms with Gasteiger partial charge in [0.15, 0.2) is 10.8 Å². The minimum Gasteiger partial charge on any atom is -0.392 e. The Morgan fingerprint density at radius 1 is 1.53 bits per heavy atom. The lowest BCUT2D eigenvalue weighted by Crippen LogP contribution is -2.15. The summed E-state index contributed by atoms with van der Waals surface area (Å²) in [6.45, 7) is 0. The van der Waals surface area contributed by atoms with Gasteiger partial charge in [-0.3, -0.25) is 9.59 Å². The predicted molar refractivity (Wildman–Crippen MR) is 72.0 cm³/mol. The third kappa shape index (κ3) is 3.85. The van der Waals surface area contributed by atoms with Crippen LogP contribution in [-0.4, -0.2) is 29.5 Å². The van der Waals surface area contributed by atoms with Gasteiger partial charge in [-0.25, -0.2) is 4.98 Å². The summed E-state index contributed by atoms with van der Waals surface area (Å²) in [5, 5.41) is 8.28. The number of anilines is 1. The van der Waals surface area contributed by atoms with E-state index in [2.05, 4.69) is 15.5 Å². The average molecular weight is 280 g/mol. The molecule has 0 unspecified atom stereocenters. The Bertz CT molecular complexity index is 467. The first kappa shape index (κ1) is 13.7. The van der Waals surface area contributed by atoms with E-state index in [1.807, 2.05) is 0 Å². The van der Waals surface area contributed by atoms with Crippen molar-refractivity contribution < 1.29 is 14.4 Å². The Morgan fingerprint density at radius 3 is 3.00 bits per heavy atom. The molecule has 101 valence electrons. The summed E-state index contributed by atoms with van der Waals surface area (Å²) in [7, 11) is 0. The molecular weight excluding hydrogens is 266 g/mol. The molecule has 0 bridgehead atoms. The van der Waals surface area contributed by atoms with Crippen LogP contribution < -0.4 is 5.32 Å². The highest BCUT2D eigenvalue weighted by molar-refractivity contribution is 7.14. The van der Waals surface area contributed by atoms with Gasteiger partial charge in [-0.2, -0.15) is 0 Å². The van der Waals surface area contributed by atoms with Crippen LogP contribution in [0.15, 0.2) is 10.5 Å². The maximum absolute atomic E-state index is 10.9. The quantitative estimate of drug-likeness (QED) is 0.490. The van der Waals surface area contributed by atoms with Gasteiger partial charge in [0.1, 0.15) is 11.8 Å². The standard InChI is InChI=1S/C12H14N3O3S/c16-6-10(11-7-19-12(14-11)13-8-17)15-18-9-4-2-1-3-5-9/h7-9H,1-5H2,(H,13,14,17)/b15-10+. The van der Waals surface area contributed by atoms with E-state index in [1.54, 1.807) is 11.7 Å². The number of thiazole rings is 1. The van der Waals surface area contributed by atoms with Crippen molar-refractivity contribution in [2.24, 2.45) is 5.16 Å². The Balaban J connectivity index is 2.00. The molecule has 1 aliphatic carbocycles. The smallest absolute Gasteiger partial charge is 0.259 e. The Morgan fingerprint density at radius 2 is 2.32 bits per heavy atom. The van der Waals surface area contributed by atoms with Gasteiger partial charge in [0.2, 0.25) is 6.41 Å². The monoisotopic (exact) mass is 280 g/mol. The predicted octanol–water partition coefficient (Wildman–Crippen LogP) is 1.87. The van der Waals surface area contributed by atoms with E-state index in [0.717, 1.165) is 25.7 Å². The molecule has 1 aliphatic rings. The van der Waals surface area contributed by atoms with Crippen molar-refractivity contribution in [1.82, 2.24) is 4.98 Å². The summed E-state index contributed by atoms with van der Waals surface area (Å²) in [5.74, 6) is 0. The van der Waals surface area contributed by atoms with Crippen LogP contribution in [0.5, 0.6) is 0 Å². The number of hydrogen-bond acceptors (Lipinski definition) is 6. The Kier molecular flexibility index (Phi) is 5.02. The summed E-state index contributed by atoms with van der Waals surface area (Å²) >= 11 is 1.21. The van der Waals surface area contributed by atoms with E-state index >= 15 is 0 Å². The molecule has 1 fully saturated rings. The van der Waals surface area contributed by atoms with Gasteiger partial charge in [0, 0.05) is 5.38 Å². The highest BCUT2D eigenvalue weighted by Crippen LogP contribution is 2.21. The second-order valence-corrected chi connectivity index (χ2v) is 5.07. The Labute approximate surface area is 114 Å². The molecule has 0 spiro atoms. The van der Waals surface area contributed by atoms with Crippen LogP contribution in [-0.2, 0) is 14.4 Å². The molecule has 1 aromatic heterocycles. The van der Waals surface area contributed by atoms with Crippen LogP contribution in [0.3, 0.4) is 0 Å². The molecule has 19 heavy (non-hydrogen) atoms. The van der Waals surface area contributed by atoms with Crippen LogP contribution in [0.2, 0.25) is 0 Å². The first-order valence-electron chi connectivity index (χ1n) is 6.11. The number of nitrogens with zero attached hydrogens (tertiary/aromatic N) is 2. The maximum atomic E-state index is 10.9. The summed E-state index contributed by atoms with van der Waals surface area (Å²) in [6, 6.07) is 0. The van der Waals surface area contributed by atoms with E-state index in [0.29, 0.717) is 17.2 Å². The van der Waals surface area contributed by atoms with Gasteiger partial charge in [0.05, 0.1) is 0 Å². The number of oxime groups is 1. The molecule has 1 amide bonds. The summed E-state index contributed by atoms with van der Waals surface area (Å²) in [5.41, 5.74) is 0.390. The molecular formula is C12H14N3O3S. The molecule has 1 N–H and O–H groups in total. The minimum atomic E-state index is 0.0285. The van der Waals surface area contributed by atoms with Crippen LogP contribution in [0, 0.1) is 0 Å². The third-order valence-corrected chi connectivity index (χ3v) is 3.64. The minimum absolute atomic E-state index is 0.0285. The molecule has 6 nitrogen and oxygen atoms in total. The second-order valence-electron chi connectivity index (χ2n) is 4.21. The summed E-state index contributed by atoms with van der Waals surface area (Å²) in [4.78, 5) is 30.6. The van der Waals surface area contributed by atoms with Crippen molar-refractivity contribution in [3.63, 3.8) is 0 Å². The Hall–Kier alpha value is -1.76. The largest absolute Gasteiger partial charge is 0.392 e. The number of carbonyl (C=O) groups excluding carboxylic acids is 2. The fourth-order valence-electron chi connectivity index (χ4n) is 1.91. The van der Waals surface area contributed by atoms with Crippen LogP contribution >= 0.6 is 11.3 Å². The van der Waals surface area contributed by atoms with Crippen molar-refractivity contribution in [3.05, 3.63) is 11.1 Å². The molecule has 0 atom stereocenters. The van der Waals surface area contributed by atoms with E-state index in [9.17, 15) is 9.59 Å². The number of aromatic nitrogens is 1. The van der Waals surface area contributed by atoms with E-state index in [1.165, 1.54) is 17.8 Å². The van der Waals surface area contributed by atoms with Crippen molar-refractivity contribution in [2.75, 3.05) is 5.32 Å². The molecule has 2 rings (SSSR count). The second kappa shape index (κ2) is 6.98. The highest BCUT2D eigenvalue weighted by atomic mass is 32.1. The fraction of sp³-hybridized carbons (Fsp3) is 0.500. The van der Waals surface area contributed by atoms with Crippen LogP contribution in [0.25, 0.3) is 0 Å². The lowest BCUT2D eigenvalue weighted by atomic mass is 9.98. The van der Waals surface area contributed by atoms with Crippen LogP contribution in [0.1, 0.15) is 37.8 Å². The zero-order chi connectivity index (χ0) is 13.5. The van der Waals surface area contributed by atoms with Crippen molar-refractivity contribution in [3.8, 4) is 0 Å². The van der Waals surface area contributed by atoms with E-state index in [-0.39, 0.29) is 11.8 Å². The normalized spacial score (nSPS) is 16.9. The summed E-state index contributed by atoms with van der Waals surface area (Å²) in [6.07, 6.45) is 7.73. The van der Waals surface area contributed by atoms with E-state index in [4.69, 9.17) is 4.84 Å². The lowest BCUT2D eigenvalue weighted by molar-refractivity contribution is -0.105. The molecule has 1 aromatic rings. The van der Waals surface area contributed by atoms with Gasteiger partial charge in [-0.1, -0.05) is 11.6 Å². The summed E-state index contributed by atoms with van der Waals surface area (Å²) < 4.78 is 0. The zero-order valence-corrected chi connectivity index (χ0v) is 11.1. The highest BCUT2D eigenvalue weighted by Gasteiger charge is 2.16. The number of nitrogens with one attached hydrogen (secondary N) is 1. The maximum Gasteiger partial charge on any atom is 0.259 e. The molecule has 0 aliphatic heterocycles. The lowest BCUT2D eigenvalue weighted by Gasteiger charge is -2.19. The van der Waals surface area contributed by atoms with Gasteiger partial charge in [-0.05, 0) is 25.7 Å². The van der Waals surface area contributed by atoms with Gasteiger partial charge < -0.3 is 10.2 Å². The molecule has 0 saturated heterocycles. The van der Waals surface area contributed by atoms with E-state index < -0.39 is 0 Å².